The average molecular weight is 336 g/mol. The molecular weight excluding hydrogens is 326 g/mol. The van der Waals surface area contributed by atoms with E-state index < -0.39 is 11.1 Å². The minimum Gasteiger partial charge on any atom is -0.466 e. The lowest BCUT2D eigenvalue weighted by Gasteiger charge is -2.06. The van der Waals surface area contributed by atoms with Crippen molar-refractivity contribution in [3.63, 3.8) is 0 Å². The molecule has 0 aliphatic carbocycles. The first kappa shape index (κ1) is 12.7. The van der Waals surface area contributed by atoms with Crippen LogP contribution in [0.4, 0.5) is 5.69 Å². The van der Waals surface area contributed by atoms with Crippen LogP contribution in [0.15, 0.2) is 49.0 Å². The van der Waals surface area contributed by atoms with Crippen LogP contribution in [0.1, 0.15) is 5.76 Å². The molecule has 0 spiro atoms. The van der Waals surface area contributed by atoms with Gasteiger partial charge in [-0.25, -0.2) is 0 Å². The molecule has 0 unspecified atom stereocenters. The van der Waals surface area contributed by atoms with E-state index >= 15 is 0 Å². The van der Waals surface area contributed by atoms with Gasteiger partial charge in [0.2, 0.25) is 0 Å². The van der Waals surface area contributed by atoms with Crippen LogP contribution in [-0.4, -0.2) is 9.97 Å². The second kappa shape index (κ2) is 5.01. The number of nitrogens with one attached hydrogen (secondary N) is 3. The highest BCUT2D eigenvalue weighted by molar-refractivity contribution is 9.10. The summed E-state index contributed by atoms with van der Waals surface area (Å²) >= 11 is 3.38. The van der Waals surface area contributed by atoms with Gasteiger partial charge in [0.05, 0.1) is 28.3 Å². The van der Waals surface area contributed by atoms with Crippen LogP contribution in [0.3, 0.4) is 0 Å². The largest absolute Gasteiger partial charge is 0.466 e. The number of hydrogen-bond donors (Lipinski definition) is 3. The lowest BCUT2D eigenvalue weighted by Crippen LogP contribution is -2.28. The number of hydrogen-bond acceptors (Lipinski definition) is 4. The summed E-state index contributed by atoms with van der Waals surface area (Å²) < 4.78 is 6.19. The summed E-state index contributed by atoms with van der Waals surface area (Å²) in [5.74, 6) is 0.778. The third-order valence-corrected chi connectivity index (χ3v) is 3.57. The van der Waals surface area contributed by atoms with Gasteiger partial charge >= 0.3 is 11.1 Å². The predicted octanol–water partition coefficient (Wildman–Crippen LogP) is 2.18. The Morgan fingerprint density at radius 2 is 1.85 bits per heavy atom. The van der Waals surface area contributed by atoms with E-state index in [0.29, 0.717) is 17.6 Å². The lowest BCUT2D eigenvalue weighted by molar-refractivity contribution is 0.516. The van der Waals surface area contributed by atoms with Gasteiger partial charge in [-0.15, -0.1) is 0 Å². The Bertz CT molecular complexity index is 878. The van der Waals surface area contributed by atoms with Crippen molar-refractivity contribution in [2.75, 3.05) is 5.32 Å². The zero-order valence-electron chi connectivity index (χ0n) is 10.2. The Labute approximate surface area is 121 Å². The summed E-state index contributed by atoms with van der Waals surface area (Å²) in [6.45, 7) is 0.507. The molecule has 20 heavy (non-hydrogen) atoms. The van der Waals surface area contributed by atoms with Gasteiger partial charge in [-0.1, -0.05) is 0 Å². The number of rotatable bonds is 3. The molecule has 0 aliphatic heterocycles. The molecule has 0 atom stereocenters. The van der Waals surface area contributed by atoms with E-state index in [1.54, 1.807) is 18.4 Å². The van der Waals surface area contributed by atoms with Crippen LogP contribution < -0.4 is 16.4 Å². The second-order valence-electron chi connectivity index (χ2n) is 4.21. The van der Waals surface area contributed by atoms with Crippen molar-refractivity contribution in [3.05, 3.63) is 61.5 Å². The molecule has 0 radical (unpaired) electrons. The molecule has 0 saturated heterocycles. The number of aromatic nitrogens is 2. The van der Waals surface area contributed by atoms with Gasteiger partial charge in [-0.05, 0) is 40.2 Å². The van der Waals surface area contributed by atoms with Crippen molar-refractivity contribution >= 4 is 32.7 Å². The minimum atomic E-state index is -0.663. The molecule has 0 aliphatic rings. The highest BCUT2D eigenvalue weighted by Gasteiger charge is 2.04. The Kier molecular flexibility index (Phi) is 3.19. The molecule has 3 aromatic rings. The fourth-order valence-electron chi connectivity index (χ4n) is 1.86. The Morgan fingerprint density at radius 3 is 2.55 bits per heavy atom. The van der Waals surface area contributed by atoms with Crippen molar-refractivity contribution in [3.8, 4) is 0 Å². The van der Waals surface area contributed by atoms with E-state index in [1.165, 1.54) is 0 Å². The van der Waals surface area contributed by atoms with E-state index in [2.05, 4.69) is 31.2 Å². The Hall–Kier alpha value is -2.28. The number of furan rings is 1. The van der Waals surface area contributed by atoms with Crippen LogP contribution in [-0.2, 0) is 6.54 Å². The average Bonchev–Trinajstić information content (AvgIpc) is 2.83. The molecule has 1 aromatic carbocycles. The van der Waals surface area contributed by atoms with E-state index in [-0.39, 0.29) is 0 Å². The summed E-state index contributed by atoms with van der Waals surface area (Å²) in [5, 5.41) is 3.18. The molecule has 102 valence electrons. The molecule has 2 heterocycles. The maximum atomic E-state index is 11.3. The van der Waals surface area contributed by atoms with Gasteiger partial charge in [0.25, 0.3) is 0 Å². The zero-order chi connectivity index (χ0) is 14.1. The number of fused-ring (bicyclic) bond motifs is 1. The van der Waals surface area contributed by atoms with E-state index in [9.17, 15) is 9.59 Å². The maximum absolute atomic E-state index is 11.3. The third-order valence-electron chi connectivity index (χ3n) is 2.87. The maximum Gasteiger partial charge on any atom is 0.314 e. The Balaban J connectivity index is 1.89. The number of anilines is 1. The second-order valence-corrected chi connectivity index (χ2v) is 5.07. The summed E-state index contributed by atoms with van der Waals surface area (Å²) in [7, 11) is 0. The fourth-order valence-corrected chi connectivity index (χ4v) is 2.20. The summed E-state index contributed by atoms with van der Waals surface area (Å²) in [5.41, 5.74) is 0.641. The van der Waals surface area contributed by atoms with Crippen LogP contribution in [0.25, 0.3) is 11.0 Å². The van der Waals surface area contributed by atoms with Crippen molar-refractivity contribution in [1.82, 2.24) is 9.97 Å². The van der Waals surface area contributed by atoms with E-state index in [4.69, 9.17) is 4.42 Å². The monoisotopic (exact) mass is 335 g/mol. The van der Waals surface area contributed by atoms with E-state index in [0.717, 1.165) is 15.9 Å². The molecule has 0 bridgehead atoms. The molecule has 2 aromatic heterocycles. The first-order chi connectivity index (χ1) is 9.63. The SMILES string of the molecule is O=c1[nH]c2ccc(NCc3occc3Br)cc2[nH]c1=O. The van der Waals surface area contributed by atoms with Gasteiger partial charge in [0.1, 0.15) is 5.76 Å². The molecule has 0 saturated carbocycles. The van der Waals surface area contributed by atoms with Crippen molar-refractivity contribution < 1.29 is 4.42 Å². The van der Waals surface area contributed by atoms with Gasteiger partial charge in [0.15, 0.2) is 0 Å². The summed E-state index contributed by atoms with van der Waals surface area (Å²) in [6.07, 6.45) is 1.60. The van der Waals surface area contributed by atoms with Crippen LogP contribution in [0.2, 0.25) is 0 Å². The number of benzene rings is 1. The van der Waals surface area contributed by atoms with Crippen LogP contribution in [0.5, 0.6) is 0 Å². The minimum absolute atomic E-state index is 0.507. The highest BCUT2D eigenvalue weighted by atomic mass is 79.9. The normalized spacial score (nSPS) is 10.8. The van der Waals surface area contributed by atoms with Gasteiger partial charge in [0, 0.05) is 5.69 Å². The molecule has 0 fully saturated rings. The third kappa shape index (κ3) is 2.39. The number of aromatic amines is 2. The molecular formula is C13H10BrN3O3. The van der Waals surface area contributed by atoms with Crippen molar-refractivity contribution in [1.29, 1.82) is 0 Å². The fraction of sp³-hybridized carbons (Fsp3) is 0.0769. The molecule has 3 rings (SSSR count). The zero-order valence-corrected chi connectivity index (χ0v) is 11.8. The van der Waals surface area contributed by atoms with Crippen molar-refractivity contribution in [2.45, 2.75) is 6.54 Å². The molecule has 7 heteroatoms. The molecule has 3 N–H and O–H groups in total. The highest BCUT2D eigenvalue weighted by Crippen LogP contribution is 2.20. The number of H-pyrrole nitrogens is 2. The number of halogens is 1. The first-order valence-corrected chi connectivity index (χ1v) is 6.65. The lowest BCUT2D eigenvalue weighted by atomic mass is 10.2. The van der Waals surface area contributed by atoms with Gasteiger partial charge < -0.3 is 19.7 Å². The molecule has 0 amide bonds. The van der Waals surface area contributed by atoms with Gasteiger partial charge in [-0.2, -0.15) is 0 Å². The first-order valence-electron chi connectivity index (χ1n) is 5.85. The topological polar surface area (TPSA) is 90.9 Å². The summed E-state index contributed by atoms with van der Waals surface area (Å²) in [6, 6.07) is 7.11. The smallest absolute Gasteiger partial charge is 0.314 e. The molecule has 6 nitrogen and oxygen atoms in total. The van der Waals surface area contributed by atoms with Gasteiger partial charge in [-0.3, -0.25) is 9.59 Å². The van der Waals surface area contributed by atoms with E-state index in [1.807, 2.05) is 12.1 Å². The predicted molar refractivity (Wildman–Crippen MR) is 78.9 cm³/mol. The summed E-state index contributed by atoms with van der Waals surface area (Å²) in [4.78, 5) is 27.5. The standard InChI is InChI=1S/C13H10BrN3O3/c14-8-3-4-20-11(8)6-15-7-1-2-9-10(5-7)17-13(19)12(18)16-9/h1-5,15H,6H2,(H,16,18)(H,17,19). The quantitative estimate of drug-likeness (QED) is 0.640. The van der Waals surface area contributed by atoms with Crippen LogP contribution >= 0.6 is 15.9 Å². The Morgan fingerprint density at radius 1 is 1.10 bits per heavy atom. The van der Waals surface area contributed by atoms with Crippen LogP contribution in [0, 0.1) is 0 Å². The van der Waals surface area contributed by atoms with Crippen molar-refractivity contribution in [2.24, 2.45) is 0 Å².